The molecule has 140 valence electrons. The summed E-state index contributed by atoms with van der Waals surface area (Å²) in [6.07, 6.45) is 1.39. The van der Waals surface area contributed by atoms with Gasteiger partial charge in [-0.25, -0.2) is 13.5 Å². The first-order valence-electron chi connectivity index (χ1n) is 8.65. The van der Waals surface area contributed by atoms with E-state index in [4.69, 9.17) is 0 Å². The van der Waals surface area contributed by atoms with Crippen molar-refractivity contribution in [3.05, 3.63) is 71.4 Å². The van der Waals surface area contributed by atoms with Crippen molar-refractivity contribution in [3.63, 3.8) is 0 Å². The molecule has 2 aliphatic rings. The van der Waals surface area contributed by atoms with E-state index in [1.807, 2.05) is 24.3 Å². The molecule has 0 unspecified atom stereocenters. The molecule has 0 saturated carbocycles. The maximum atomic E-state index is 14.3. The Balaban J connectivity index is 1.78. The number of hydrogen-bond donors (Lipinski definition) is 1. The van der Waals surface area contributed by atoms with Crippen molar-refractivity contribution >= 4 is 23.3 Å². The second-order valence-electron chi connectivity index (χ2n) is 6.93. The summed E-state index contributed by atoms with van der Waals surface area (Å²) >= 11 is 0. The van der Waals surface area contributed by atoms with Crippen LogP contribution in [0.4, 0.5) is 20.3 Å². The van der Waals surface area contributed by atoms with Crippen LogP contribution in [0.2, 0.25) is 0 Å². The molecule has 3 heterocycles. The Bertz CT molecular complexity index is 1170. The van der Waals surface area contributed by atoms with Gasteiger partial charge < -0.3 is 10.2 Å². The van der Waals surface area contributed by atoms with Crippen molar-refractivity contribution < 1.29 is 18.4 Å². The number of anilines is 2. The third kappa shape index (κ3) is 1.97. The molecule has 2 aliphatic heterocycles. The molecule has 28 heavy (non-hydrogen) atoms. The SMILES string of the molecule is CN1C(=O)[C@@]2(CC(=O)Nc3c2cnn3-c2ccc(F)cc2F)c2ccccc21. The molecule has 0 radical (unpaired) electrons. The zero-order valence-corrected chi connectivity index (χ0v) is 14.7. The van der Waals surface area contributed by atoms with E-state index >= 15 is 0 Å². The average Bonchev–Trinajstić information content (AvgIpc) is 3.17. The molecule has 1 aromatic heterocycles. The van der Waals surface area contributed by atoms with E-state index in [1.165, 1.54) is 21.8 Å². The highest BCUT2D eigenvalue weighted by Gasteiger charge is 2.56. The molecule has 2 amide bonds. The Kier molecular flexibility index (Phi) is 3.25. The number of aromatic nitrogens is 2. The van der Waals surface area contributed by atoms with Crippen LogP contribution in [0.25, 0.3) is 5.69 Å². The number of fused-ring (bicyclic) bond motifs is 4. The van der Waals surface area contributed by atoms with E-state index < -0.39 is 17.0 Å². The number of rotatable bonds is 1. The standard InChI is InChI=1S/C20H14F2N4O2/c1-25-15-5-3-2-4-12(15)20(19(25)28)9-17(27)24-18-13(20)10-23-26(18)16-7-6-11(21)8-14(16)22/h2-8,10H,9H2,1H3,(H,24,27)/t20-/m0/s1. The van der Waals surface area contributed by atoms with E-state index in [-0.39, 0.29) is 29.7 Å². The summed E-state index contributed by atoms with van der Waals surface area (Å²) in [5, 5.41) is 6.91. The molecule has 0 bridgehead atoms. The largest absolute Gasteiger partial charge is 0.314 e. The van der Waals surface area contributed by atoms with Gasteiger partial charge in [0, 0.05) is 30.8 Å². The molecule has 0 fully saturated rings. The smallest absolute Gasteiger partial charge is 0.242 e. The van der Waals surface area contributed by atoms with E-state index in [2.05, 4.69) is 10.4 Å². The number of hydrogen-bond acceptors (Lipinski definition) is 3. The lowest BCUT2D eigenvalue weighted by Crippen LogP contribution is -2.45. The first kappa shape index (κ1) is 16.6. The number of amides is 2. The van der Waals surface area contributed by atoms with Gasteiger partial charge in [-0.2, -0.15) is 5.10 Å². The lowest BCUT2D eigenvalue weighted by atomic mass is 9.72. The maximum Gasteiger partial charge on any atom is 0.242 e. The fourth-order valence-corrected chi connectivity index (χ4v) is 4.20. The maximum absolute atomic E-state index is 14.3. The summed E-state index contributed by atoms with van der Waals surface area (Å²) in [7, 11) is 1.66. The van der Waals surface area contributed by atoms with E-state index in [0.717, 1.165) is 12.1 Å². The lowest BCUT2D eigenvalue weighted by molar-refractivity contribution is -0.126. The van der Waals surface area contributed by atoms with Crippen LogP contribution in [0.1, 0.15) is 17.5 Å². The molecule has 1 spiro atoms. The second-order valence-corrected chi connectivity index (χ2v) is 6.93. The number of para-hydroxylation sites is 1. The van der Waals surface area contributed by atoms with Gasteiger partial charge in [-0.3, -0.25) is 9.59 Å². The summed E-state index contributed by atoms with van der Waals surface area (Å²) in [5.74, 6) is -1.96. The van der Waals surface area contributed by atoms with E-state index in [1.54, 1.807) is 7.05 Å². The Morgan fingerprint density at radius 2 is 1.86 bits per heavy atom. The number of halogens is 2. The predicted octanol–water partition coefficient (Wildman–Crippen LogP) is 2.76. The second kappa shape index (κ2) is 5.48. The van der Waals surface area contributed by atoms with Gasteiger partial charge in [-0.05, 0) is 23.8 Å². The van der Waals surface area contributed by atoms with Crippen molar-refractivity contribution in [2.75, 3.05) is 17.3 Å². The number of nitrogens with one attached hydrogen (secondary N) is 1. The first-order valence-corrected chi connectivity index (χ1v) is 8.65. The molecule has 1 atom stereocenters. The van der Waals surface area contributed by atoms with Crippen molar-refractivity contribution in [3.8, 4) is 5.69 Å². The minimum Gasteiger partial charge on any atom is -0.314 e. The Morgan fingerprint density at radius 3 is 2.64 bits per heavy atom. The van der Waals surface area contributed by atoms with Gasteiger partial charge in [0.2, 0.25) is 11.8 Å². The molecule has 0 saturated heterocycles. The summed E-state index contributed by atoms with van der Waals surface area (Å²) in [4.78, 5) is 27.4. The molecular formula is C20H14F2N4O2. The quantitative estimate of drug-likeness (QED) is 0.706. The van der Waals surface area contributed by atoms with Crippen molar-refractivity contribution in [1.29, 1.82) is 0 Å². The fourth-order valence-electron chi connectivity index (χ4n) is 4.20. The topological polar surface area (TPSA) is 67.2 Å². The van der Waals surface area contributed by atoms with Crippen LogP contribution in [-0.2, 0) is 15.0 Å². The van der Waals surface area contributed by atoms with Gasteiger partial charge in [-0.1, -0.05) is 18.2 Å². The van der Waals surface area contributed by atoms with Gasteiger partial charge in [0.25, 0.3) is 0 Å². The molecule has 5 rings (SSSR count). The third-order valence-electron chi connectivity index (χ3n) is 5.45. The third-order valence-corrected chi connectivity index (χ3v) is 5.45. The van der Waals surface area contributed by atoms with Crippen LogP contribution < -0.4 is 10.2 Å². The number of nitrogens with zero attached hydrogens (tertiary/aromatic N) is 3. The van der Waals surface area contributed by atoms with Crippen LogP contribution in [-0.4, -0.2) is 28.6 Å². The highest BCUT2D eigenvalue weighted by atomic mass is 19.1. The van der Waals surface area contributed by atoms with Crippen LogP contribution in [0, 0.1) is 11.6 Å². The fraction of sp³-hybridized carbons (Fsp3) is 0.150. The van der Waals surface area contributed by atoms with Crippen LogP contribution in [0.15, 0.2) is 48.7 Å². The van der Waals surface area contributed by atoms with Crippen molar-refractivity contribution in [2.24, 2.45) is 0 Å². The molecule has 6 nitrogen and oxygen atoms in total. The number of carbonyl (C=O) groups excluding carboxylic acids is 2. The van der Waals surface area contributed by atoms with Crippen LogP contribution in [0.3, 0.4) is 0 Å². The number of likely N-dealkylation sites (N-methyl/N-ethyl adjacent to an activating group) is 1. The van der Waals surface area contributed by atoms with Crippen molar-refractivity contribution in [1.82, 2.24) is 9.78 Å². The van der Waals surface area contributed by atoms with Gasteiger partial charge in [0.05, 0.1) is 6.20 Å². The normalized spacial score (nSPS) is 20.3. The van der Waals surface area contributed by atoms with Crippen LogP contribution >= 0.6 is 0 Å². The molecule has 3 aromatic rings. The molecule has 8 heteroatoms. The van der Waals surface area contributed by atoms with Gasteiger partial charge in [-0.15, -0.1) is 0 Å². The lowest BCUT2D eigenvalue weighted by Gasteiger charge is -2.32. The average molecular weight is 380 g/mol. The summed E-state index contributed by atoms with van der Waals surface area (Å²) in [6.45, 7) is 0. The van der Waals surface area contributed by atoms with Gasteiger partial charge >= 0.3 is 0 Å². The monoisotopic (exact) mass is 380 g/mol. The minimum atomic E-state index is -1.22. The Hall–Kier alpha value is -3.55. The number of benzene rings is 2. The summed E-state index contributed by atoms with van der Waals surface area (Å²) in [6, 6.07) is 10.4. The first-order chi connectivity index (χ1) is 13.4. The van der Waals surface area contributed by atoms with Crippen LogP contribution in [0.5, 0.6) is 0 Å². The van der Waals surface area contributed by atoms with Crippen molar-refractivity contribution in [2.45, 2.75) is 11.8 Å². The van der Waals surface area contributed by atoms with E-state index in [9.17, 15) is 18.4 Å². The van der Waals surface area contributed by atoms with Gasteiger partial charge in [0.1, 0.15) is 22.7 Å². The number of carbonyl (C=O) groups is 2. The molecule has 1 N–H and O–H groups in total. The zero-order chi connectivity index (χ0) is 19.6. The molecule has 0 aliphatic carbocycles. The summed E-state index contributed by atoms with van der Waals surface area (Å²) < 4.78 is 28.8. The Labute approximate surface area is 158 Å². The predicted molar refractivity (Wildman–Crippen MR) is 97.4 cm³/mol. The minimum absolute atomic E-state index is 0.0212. The van der Waals surface area contributed by atoms with Gasteiger partial charge in [0.15, 0.2) is 5.82 Å². The highest BCUT2D eigenvalue weighted by molar-refractivity contribution is 6.15. The highest BCUT2D eigenvalue weighted by Crippen LogP contribution is 2.51. The molecule has 2 aromatic carbocycles. The molecular weight excluding hydrogens is 366 g/mol. The van der Waals surface area contributed by atoms with E-state index in [0.29, 0.717) is 16.8 Å². The summed E-state index contributed by atoms with van der Waals surface area (Å²) in [5.41, 5.74) is 0.661. The zero-order valence-electron chi connectivity index (χ0n) is 14.7. The Morgan fingerprint density at radius 1 is 1.07 bits per heavy atom.